The van der Waals surface area contributed by atoms with Gasteiger partial charge in [-0.2, -0.15) is 0 Å². The van der Waals surface area contributed by atoms with Crippen molar-refractivity contribution in [1.29, 1.82) is 0 Å². The van der Waals surface area contributed by atoms with Crippen molar-refractivity contribution >= 4 is 40.1 Å². The van der Waals surface area contributed by atoms with Crippen LogP contribution < -0.4 is 5.32 Å². The maximum absolute atomic E-state index is 11.7. The number of alkyl halides is 1. The third-order valence-corrected chi connectivity index (χ3v) is 2.99. The predicted molar refractivity (Wildman–Crippen MR) is 73.1 cm³/mol. The number of carbonyl (C=O) groups excluding carboxylic acids is 1. The van der Waals surface area contributed by atoms with E-state index < -0.39 is 0 Å². The van der Waals surface area contributed by atoms with Gasteiger partial charge in [-0.05, 0) is 53.6 Å². The van der Waals surface area contributed by atoms with E-state index in [0.29, 0.717) is 18.0 Å². The molecule has 0 unspecified atom stereocenters. The number of unbranched alkanes of at least 4 members (excludes halogenated alkanes) is 1. The Hall–Kier alpha value is -0.490. The molecule has 0 aromatic heterocycles. The second-order valence-electron chi connectivity index (χ2n) is 3.31. The Balaban J connectivity index is 2.55. The Morgan fingerprint density at radius 3 is 2.88 bits per heavy atom. The van der Waals surface area contributed by atoms with Gasteiger partial charge >= 0.3 is 0 Å². The fourth-order valence-electron chi connectivity index (χ4n) is 1.21. The summed E-state index contributed by atoms with van der Waals surface area (Å²) >= 11 is 7.62. The number of hydrogen-bond donors (Lipinski definition) is 2. The lowest BCUT2D eigenvalue weighted by atomic mass is 10.2. The second-order valence-corrected chi connectivity index (χ2v) is 4.94. The number of aromatic hydroxyl groups is 1. The van der Waals surface area contributed by atoms with Crippen LogP contribution >= 0.6 is 34.2 Å². The van der Waals surface area contributed by atoms with Crippen molar-refractivity contribution in [2.75, 3.05) is 12.4 Å². The lowest BCUT2D eigenvalue weighted by Crippen LogP contribution is -2.24. The van der Waals surface area contributed by atoms with Crippen LogP contribution in [0.15, 0.2) is 18.2 Å². The van der Waals surface area contributed by atoms with Crippen molar-refractivity contribution in [2.24, 2.45) is 0 Å². The number of benzene rings is 1. The summed E-state index contributed by atoms with van der Waals surface area (Å²) in [5.74, 6) is 0.366. The van der Waals surface area contributed by atoms with Crippen molar-refractivity contribution in [3.8, 4) is 5.75 Å². The lowest BCUT2D eigenvalue weighted by molar-refractivity contribution is 0.0950. The zero-order chi connectivity index (χ0) is 12.0. The summed E-state index contributed by atoms with van der Waals surface area (Å²) in [5.41, 5.74) is 0.317. The lowest BCUT2D eigenvalue weighted by Gasteiger charge is -2.06. The van der Waals surface area contributed by atoms with Crippen LogP contribution in [0.1, 0.15) is 23.2 Å². The molecular weight excluding hydrogens is 340 g/mol. The van der Waals surface area contributed by atoms with Gasteiger partial charge in [0.25, 0.3) is 5.91 Å². The third kappa shape index (κ3) is 4.17. The molecule has 0 bridgehead atoms. The summed E-state index contributed by atoms with van der Waals surface area (Å²) in [6.45, 7) is 0.580. The number of carbonyl (C=O) groups is 1. The number of nitrogens with one attached hydrogen (secondary N) is 1. The summed E-state index contributed by atoms with van der Waals surface area (Å²) in [4.78, 5) is 11.7. The summed E-state index contributed by atoms with van der Waals surface area (Å²) < 4.78 is 0.918. The third-order valence-electron chi connectivity index (χ3n) is 2.05. The van der Waals surface area contributed by atoms with Gasteiger partial charge in [0, 0.05) is 16.0 Å². The fraction of sp³-hybridized carbons (Fsp3) is 0.364. The van der Waals surface area contributed by atoms with E-state index in [-0.39, 0.29) is 11.7 Å². The number of hydrogen-bond acceptors (Lipinski definition) is 2. The highest BCUT2D eigenvalue weighted by Crippen LogP contribution is 2.19. The molecule has 0 aliphatic carbocycles. The van der Waals surface area contributed by atoms with Gasteiger partial charge in [-0.3, -0.25) is 4.79 Å². The molecule has 0 saturated carbocycles. The van der Waals surface area contributed by atoms with Crippen molar-refractivity contribution in [1.82, 2.24) is 5.32 Å². The standard InChI is InChI=1S/C11H13ClINO2/c12-5-1-2-6-14-11(16)9-7-8(13)3-4-10(9)15/h3-4,7,15H,1-2,5-6H2,(H,14,16). The minimum Gasteiger partial charge on any atom is -0.507 e. The van der Waals surface area contributed by atoms with E-state index in [2.05, 4.69) is 27.9 Å². The van der Waals surface area contributed by atoms with Gasteiger partial charge in [-0.1, -0.05) is 0 Å². The minimum absolute atomic E-state index is 0.00950. The van der Waals surface area contributed by atoms with Crippen LogP contribution in [0.25, 0.3) is 0 Å². The van der Waals surface area contributed by atoms with Crippen molar-refractivity contribution in [3.63, 3.8) is 0 Å². The molecular formula is C11H13ClINO2. The number of phenolic OH excluding ortho intramolecular Hbond substituents is 1. The number of phenols is 1. The van der Waals surface area contributed by atoms with E-state index in [1.165, 1.54) is 6.07 Å². The van der Waals surface area contributed by atoms with Crippen molar-refractivity contribution in [2.45, 2.75) is 12.8 Å². The Labute approximate surface area is 113 Å². The molecule has 0 aliphatic heterocycles. The molecule has 0 heterocycles. The van der Waals surface area contributed by atoms with E-state index in [1.54, 1.807) is 12.1 Å². The Morgan fingerprint density at radius 1 is 1.44 bits per heavy atom. The van der Waals surface area contributed by atoms with Gasteiger partial charge in [0.05, 0.1) is 5.56 Å². The monoisotopic (exact) mass is 353 g/mol. The molecule has 3 nitrogen and oxygen atoms in total. The molecule has 88 valence electrons. The zero-order valence-electron chi connectivity index (χ0n) is 8.67. The molecule has 5 heteroatoms. The van der Waals surface area contributed by atoms with Gasteiger partial charge in [0.2, 0.25) is 0 Å². The predicted octanol–water partition coefficient (Wildman–Crippen LogP) is 2.75. The first-order valence-electron chi connectivity index (χ1n) is 4.98. The first-order chi connectivity index (χ1) is 7.65. The van der Waals surface area contributed by atoms with Crippen LogP contribution in [0, 0.1) is 3.57 Å². The molecule has 0 atom stereocenters. The van der Waals surface area contributed by atoms with Crippen LogP contribution in [0.3, 0.4) is 0 Å². The fourth-order valence-corrected chi connectivity index (χ4v) is 1.89. The molecule has 1 rings (SSSR count). The van der Waals surface area contributed by atoms with Crippen molar-refractivity contribution in [3.05, 3.63) is 27.3 Å². The highest BCUT2D eigenvalue weighted by molar-refractivity contribution is 14.1. The summed E-state index contributed by atoms with van der Waals surface area (Å²) in [5, 5.41) is 12.3. The van der Waals surface area contributed by atoms with E-state index in [4.69, 9.17) is 11.6 Å². The average Bonchev–Trinajstić information content (AvgIpc) is 2.27. The maximum Gasteiger partial charge on any atom is 0.255 e. The van der Waals surface area contributed by atoms with Crippen LogP contribution in [0.2, 0.25) is 0 Å². The molecule has 16 heavy (non-hydrogen) atoms. The first kappa shape index (κ1) is 13.6. The summed E-state index contributed by atoms with van der Waals surface area (Å²) in [6.07, 6.45) is 1.72. The van der Waals surface area contributed by atoms with E-state index in [1.807, 2.05) is 0 Å². The molecule has 1 aromatic rings. The smallest absolute Gasteiger partial charge is 0.255 e. The van der Waals surface area contributed by atoms with E-state index in [0.717, 1.165) is 16.4 Å². The minimum atomic E-state index is -0.245. The molecule has 0 spiro atoms. The number of halogens is 2. The highest BCUT2D eigenvalue weighted by Gasteiger charge is 2.10. The number of amides is 1. The quantitative estimate of drug-likeness (QED) is 0.486. The highest BCUT2D eigenvalue weighted by atomic mass is 127. The molecule has 0 radical (unpaired) electrons. The van der Waals surface area contributed by atoms with E-state index in [9.17, 15) is 9.90 Å². The first-order valence-corrected chi connectivity index (χ1v) is 6.59. The van der Waals surface area contributed by atoms with Crippen LogP contribution in [-0.4, -0.2) is 23.4 Å². The molecule has 0 saturated heterocycles. The van der Waals surface area contributed by atoms with Gasteiger partial charge in [-0.25, -0.2) is 0 Å². The topological polar surface area (TPSA) is 49.3 Å². The molecule has 1 amide bonds. The van der Waals surface area contributed by atoms with Gasteiger partial charge < -0.3 is 10.4 Å². The summed E-state index contributed by atoms with van der Waals surface area (Å²) in [7, 11) is 0. The Kier molecular flexibility index (Phi) is 5.90. The van der Waals surface area contributed by atoms with Crippen LogP contribution in [0.4, 0.5) is 0 Å². The van der Waals surface area contributed by atoms with Crippen molar-refractivity contribution < 1.29 is 9.90 Å². The number of rotatable bonds is 5. The molecule has 1 aromatic carbocycles. The molecule has 0 fully saturated rings. The largest absolute Gasteiger partial charge is 0.507 e. The zero-order valence-corrected chi connectivity index (χ0v) is 11.6. The van der Waals surface area contributed by atoms with Gasteiger partial charge in [0.1, 0.15) is 5.75 Å². The second kappa shape index (κ2) is 6.96. The van der Waals surface area contributed by atoms with E-state index >= 15 is 0 Å². The Morgan fingerprint density at radius 2 is 2.19 bits per heavy atom. The normalized spacial score (nSPS) is 10.1. The van der Waals surface area contributed by atoms with Crippen LogP contribution in [-0.2, 0) is 0 Å². The Bertz CT molecular complexity index is 371. The maximum atomic E-state index is 11.7. The van der Waals surface area contributed by atoms with Gasteiger partial charge in [0.15, 0.2) is 0 Å². The SMILES string of the molecule is O=C(NCCCCCl)c1cc(I)ccc1O. The van der Waals surface area contributed by atoms with Gasteiger partial charge in [-0.15, -0.1) is 11.6 Å². The summed E-state index contributed by atoms with van der Waals surface area (Å²) in [6, 6.07) is 4.93. The van der Waals surface area contributed by atoms with Crippen LogP contribution in [0.5, 0.6) is 5.75 Å². The average molecular weight is 354 g/mol. The molecule has 2 N–H and O–H groups in total. The molecule has 0 aliphatic rings.